The van der Waals surface area contributed by atoms with Crippen LogP contribution in [0.25, 0.3) is 0 Å². The Kier molecular flexibility index (Phi) is 2.96. The van der Waals surface area contributed by atoms with E-state index in [1.54, 1.807) is 6.07 Å². The number of benzene rings is 1. The topological polar surface area (TPSA) is 49.6 Å². The smallest absolute Gasteiger partial charge is 0.256 e. The molecule has 0 heterocycles. The Morgan fingerprint density at radius 2 is 1.94 bits per heavy atom. The SMILES string of the molecule is CN(C)c1ccc(N)cc1C(=O)N(C)C1CC1. The van der Waals surface area contributed by atoms with Crippen LogP contribution in [0.4, 0.5) is 11.4 Å². The quantitative estimate of drug-likeness (QED) is 0.806. The fraction of sp³-hybridized carbons (Fsp3) is 0.462. The van der Waals surface area contributed by atoms with Gasteiger partial charge in [0.1, 0.15) is 0 Å². The van der Waals surface area contributed by atoms with Crippen molar-refractivity contribution in [2.45, 2.75) is 18.9 Å². The van der Waals surface area contributed by atoms with Crippen LogP contribution >= 0.6 is 0 Å². The number of anilines is 2. The molecule has 4 heteroatoms. The highest BCUT2D eigenvalue weighted by Crippen LogP contribution is 2.29. The second-order valence-electron chi connectivity index (χ2n) is 4.82. The predicted octanol–water partition coefficient (Wildman–Crippen LogP) is 1.57. The van der Waals surface area contributed by atoms with Gasteiger partial charge < -0.3 is 15.5 Å². The predicted molar refractivity (Wildman–Crippen MR) is 70.3 cm³/mol. The number of nitrogens with two attached hydrogens (primary N) is 1. The zero-order valence-corrected chi connectivity index (χ0v) is 10.6. The summed E-state index contributed by atoms with van der Waals surface area (Å²) in [5.41, 5.74) is 7.99. The van der Waals surface area contributed by atoms with Gasteiger partial charge in [0.05, 0.1) is 5.56 Å². The normalized spacial score (nSPS) is 14.5. The summed E-state index contributed by atoms with van der Waals surface area (Å²) >= 11 is 0. The summed E-state index contributed by atoms with van der Waals surface area (Å²) in [5, 5.41) is 0. The van der Waals surface area contributed by atoms with Gasteiger partial charge in [0, 0.05) is 38.6 Å². The molecule has 1 amide bonds. The maximum absolute atomic E-state index is 12.3. The minimum absolute atomic E-state index is 0.0588. The van der Waals surface area contributed by atoms with Crippen LogP contribution in [0.3, 0.4) is 0 Å². The van der Waals surface area contributed by atoms with Crippen molar-refractivity contribution in [2.24, 2.45) is 0 Å². The molecule has 0 radical (unpaired) electrons. The van der Waals surface area contributed by atoms with Gasteiger partial charge in [-0.2, -0.15) is 0 Å². The van der Waals surface area contributed by atoms with Crippen molar-refractivity contribution < 1.29 is 4.79 Å². The summed E-state index contributed by atoms with van der Waals surface area (Å²) in [4.78, 5) is 16.1. The van der Waals surface area contributed by atoms with Crippen LogP contribution in [-0.4, -0.2) is 38.0 Å². The molecule has 1 aromatic rings. The lowest BCUT2D eigenvalue weighted by molar-refractivity contribution is 0.0786. The first-order valence-electron chi connectivity index (χ1n) is 5.84. The first-order valence-corrected chi connectivity index (χ1v) is 5.84. The van der Waals surface area contributed by atoms with Gasteiger partial charge >= 0.3 is 0 Å². The molecule has 1 fully saturated rings. The Labute approximate surface area is 102 Å². The third-order valence-corrected chi connectivity index (χ3v) is 3.15. The van der Waals surface area contributed by atoms with Crippen LogP contribution < -0.4 is 10.6 Å². The molecule has 1 saturated carbocycles. The van der Waals surface area contributed by atoms with Crippen LogP contribution in [0.2, 0.25) is 0 Å². The lowest BCUT2D eigenvalue weighted by Gasteiger charge is -2.22. The molecular weight excluding hydrogens is 214 g/mol. The maximum atomic E-state index is 12.3. The van der Waals surface area contributed by atoms with E-state index in [-0.39, 0.29) is 5.91 Å². The monoisotopic (exact) mass is 233 g/mol. The molecular formula is C13H19N3O. The van der Waals surface area contributed by atoms with E-state index in [4.69, 9.17) is 5.73 Å². The lowest BCUT2D eigenvalue weighted by Crippen LogP contribution is -2.30. The molecule has 0 atom stereocenters. The van der Waals surface area contributed by atoms with Crippen LogP contribution in [0.5, 0.6) is 0 Å². The van der Waals surface area contributed by atoms with Crippen LogP contribution in [0, 0.1) is 0 Å². The molecule has 1 aliphatic rings. The first-order chi connectivity index (χ1) is 8.00. The summed E-state index contributed by atoms with van der Waals surface area (Å²) in [7, 11) is 5.72. The number of rotatable bonds is 3. The molecule has 0 saturated heterocycles. The Morgan fingerprint density at radius 3 is 2.47 bits per heavy atom. The van der Waals surface area contributed by atoms with E-state index < -0.39 is 0 Å². The van der Waals surface area contributed by atoms with E-state index in [0.717, 1.165) is 18.5 Å². The molecule has 17 heavy (non-hydrogen) atoms. The Hall–Kier alpha value is -1.71. The lowest BCUT2D eigenvalue weighted by atomic mass is 10.1. The average Bonchev–Trinajstić information content (AvgIpc) is 3.10. The van der Waals surface area contributed by atoms with Crippen molar-refractivity contribution in [3.8, 4) is 0 Å². The van der Waals surface area contributed by atoms with E-state index in [1.165, 1.54) is 0 Å². The largest absolute Gasteiger partial charge is 0.399 e. The van der Waals surface area contributed by atoms with Crippen LogP contribution in [-0.2, 0) is 0 Å². The molecule has 1 aliphatic carbocycles. The average molecular weight is 233 g/mol. The fourth-order valence-corrected chi connectivity index (χ4v) is 1.93. The minimum Gasteiger partial charge on any atom is -0.399 e. The molecule has 2 N–H and O–H groups in total. The second kappa shape index (κ2) is 4.28. The van der Waals surface area contributed by atoms with Gasteiger partial charge in [-0.1, -0.05) is 0 Å². The number of amides is 1. The molecule has 0 aliphatic heterocycles. The van der Waals surface area contributed by atoms with E-state index in [2.05, 4.69) is 0 Å². The Balaban J connectivity index is 2.34. The molecule has 0 aromatic heterocycles. The van der Waals surface area contributed by atoms with Gasteiger partial charge in [-0.3, -0.25) is 4.79 Å². The number of carbonyl (C=O) groups is 1. The molecule has 0 unspecified atom stereocenters. The number of nitrogen functional groups attached to an aromatic ring is 1. The number of nitrogens with zero attached hydrogens (tertiary/aromatic N) is 2. The highest BCUT2D eigenvalue weighted by molar-refractivity contribution is 6.00. The Bertz CT molecular complexity index is 438. The highest BCUT2D eigenvalue weighted by Gasteiger charge is 2.31. The van der Waals surface area contributed by atoms with Gasteiger partial charge in [-0.15, -0.1) is 0 Å². The van der Waals surface area contributed by atoms with Gasteiger partial charge in [0.25, 0.3) is 5.91 Å². The molecule has 4 nitrogen and oxygen atoms in total. The molecule has 0 bridgehead atoms. The standard InChI is InChI=1S/C13H19N3O/c1-15(2)12-7-4-9(14)8-11(12)13(17)16(3)10-5-6-10/h4,7-8,10H,5-6,14H2,1-3H3. The molecule has 1 aromatic carbocycles. The van der Waals surface area contributed by atoms with Gasteiger partial charge in [-0.25, -0.2) is 0 Å². The maximum Gasteiger partial charge on any atom is 0.256 e. The summed E-state index contributed by atoms with van der Waals surface area (Å²) in [6.45, 7) is 0. The minimum atomic E-state index is 0.0588. The summed E-state index contributed by atoms with van der Waals surface area (Å²) in [6, 6.07) is 5.89. The van der Waals surface area contributed by atoms with Crippen molar-refractivity contribution in [3.63, 3.8) is 0 Å². The van der Waals surface area contributed by atoms with Crippen molar-refractivity contribution >= 4 is 17.3 Å². The van der Waals surface area contributed by atoms with Crippen molar-refractivity contribution in [3.05, 3.63) is 23.8 Å². The van der Waals surface area contributed by atoms with Crippen molar-refractivity contribution in [2.75, 3.05) is 31.8 Å². The van der Waals surface area contributed by atoms with Gasteiger partial charge in [0.15, 0.2) is 0 Å². The van der Waals surface area contributed by atoms with E-state index >= 15 is 0 Å². The molecule has 2 rings (SSSR count). The number of hydrogen-bond donors (Lipinski definition) is 1. The third-order valence-electron chi connectivity index (χ3n) is 3.15. The van der Waals surface area contributed by atoms with E-state index in [1.807, 2.05) is 43.1 Å². The van der Waals surface area contributed by atoms with Crippen molar-refractivity contribution in [1.29, 1.82) is 0 Å². The second-order valence-corrected chi connectivity index (χ2v) is 4.82. The zero-order valence-electron chi connectivity index (χ0n) is 10.6. The van der Waals surface area contributed by atoms with Gasteiger partial charge in [0.2, 0.25) is 0 Å². The molecule has 0 spiro atoms. The summed E-state index contributed by atoms with van der Waals surface area (Å²) in [6.07, 6.45) is 2.23. The number of carbonyl (C=O) groups excluding carboxylic acids is 1. The Morgan fingerprint density at radius 1 is 1.29 bits per heavy atom. The van der Waals surface area contributed by atoms with Crippen LogP contribution in [0.15, 0.2) is 18.2 Å². The fourth-order valence-electron chi connectivity index (χ4n) is 1.93. The van der Waals surface area contributed by atoms with Crippen molar-refractivity contribution in [1.82, 2.24) is 4.90 Å². The first kappa shape index (κ1) is 11.8. The van der Waals surface area contributed by atoms with Crippen LogP contribution in [0.1, 0.15) is 23.2 Å². The van der Waals surface area contributed by atoms with E-state index in [0.29, 0.717) is 17.3 Å². The highest BCUT2D eigenvalue weighted by atomic mass is 16.2. The number of hydrogen-bond acceptors (Lipinski definition) is 3. The zero-order chi connectivity index (χ0) is 12.6. The summed E-state index contributed by atoms with van der Waals surface area (Å²) < 4.78 is 0. The van der Waals surface area contributed by atoms with Gasteiger partial charge in [-0.05, 0) is 31.0 Å². The van der Waals surface area contributed by atoms with E-state index in [9.17, 15) is 4.79 Å². The molecule has 92 valence electrons. The summed E-state index contributed by atoms with van der Waals surface area (Å²) in [5.74, 6) is 0.0588. The third kappa shape index (κ3) is 2.35.